The molecule has 0 aliphatic rings. The maximum Gasteiger partial charge on any atom is 0.318 e. The smallest absolute Gasteiger partial charge is 0.318 e. The van der Waals surface area contributed by atoms with Crippen LogP contribution in [0.25, 0.3) is 0 Å². The zero-order valence-corrected chi connectivity index (χ0v) is 14.8. The van der Waals surface area contributed by atoms with Gasteiger partial charge < -0.3 is 23.2 Å². The standard InChI is InChI=1S/C13H22O7P2/c1-11-4-6-12(7-5-11)8-13(14,9-19-21(15)17-2)10-20-22(16)18-3/h4-7,14,21-22H,8-10H2,1-3H3. The van der Waals surface area contributed by atoms with E-state index in [9.17, 15) is 14.2 Å². The van der Waals surface area contributed by atoms with Crippen molar-refractivity contribution in [3.63, 3.8) is 0 Å². The molecule has 2 atom stereocenters. The van der Waals surface area contributed by atoms with Crippen molar-refractivity contribution in [1.82, 2.24) is 0 Å². The van der Waals surface area contributed by atoms with Crippen LogP contribution in [0.5, 0.6) is 0 Å². The predicted molar refractivity (Wildman–Crippen MR) is 83.8 cm³/mol. The third-order valence-electron chi connectivity index (χ3n) is 2.90. The van der Waals surface area contributed by atoms with Crippen LogP contribution >= 0.6 is 16.5 Å². The second-order valence-electron chi connectivity index (χ2n) is 4.87. The molecule has 7 nitrogen and oxygen atoms in total. The van der Waals surface area contributed by atoms with Crippen molar-refractivity contribution in [2.75, 3.05) is 27.4 Å². The van der Waals surface area contributed by atoms with Crippen LogP contribution in [0.2, 0.25) is 0 Å². The van der Waals surface area contributed by atoms with Crippen molar-refractivity contribution in [2.24, 2.45) is 0 Å². The normalized spacial score (nSPS) is 16.9. The average molecular weight is 352 g/mol. The van der Waals surface area contributed by atoms with Crippen LogP contribution < -0.4 is 0 Å². The molecule has 0 spiro atoms. The van der Waals surface area contributed by atoms with Crippen LogP contribution in [0.15, 0.2) is 24.3 Å². The molecule has 0 amide bonds. The van der Waals surface area contributed by atoms with Gasteiger partial charge in [0.1, 0.15) is 5.60 Å². The van der Waals surface area contributed by atoms with Crippen LogP contribution in [0.4, 0.5) is 0 Å². The second kappa shape index (κ2) is 9.58. The zero-order valence-electron chi connectivity index (χ0n) is 12.8. The highest BCUT2D eigenvalue weighted by Gasteiger charge is 2.30. The van der Waals surface area contributed by atoms with E-state index >= 15 is 0 Å². The molecule has 0 aliphatic carbocycles. The van der Waals surface area contributed by atoms with E-state index in [1.807, 2.05) is 31.2 Å². The van der Waals surface area contributed by atoms with Gasteiger partial charge >= 0.3 is 16.5 Å². The third kappa shape index (κ3) is 7.16. The molecule has 1 N–H and O–H groups in total. The molecule has 0 saturated carbocycles. The summed E-state index contributed by atoms with van der Waals surface area (Å²) in [5.74, 6) is 0. The van der Waals surface area contributed by atoms with Crippen molar-refractivity contribution in [2.45, 2.75) is 18.9 Å². The molecular formula is C13H22O7P2. The van der Waals surface area contributed by atoms with Crippen LogP contribution in [0.3, 0.4) is 0 Å². The predicted octanol–water partition coefficient (Wildman–Crippen LogP) is 2.37. The number of hydrogen-bond donors (Lipinski definition) is 1. The minimum Gasteiger partial charge on any atom is -0.385 e. The van der Waals surface area contributed by atoms with Gasteiger partial charge in [0, 0.05) is 20.6 Å². The summed E-state index contributed by atoms with van der Waals surface area (Å²) in [6, 6.07) is 7.54. The SMILES string of the molecule is CO[PH](=O)OCC(O)(CO[PH](=O)OC)Cc1ccc(C)cc1. The molecule has 22 heavy (non-hydrogen) atoms. The Balaban J connectivity index is 2.76. The fourth-order valence-corrected chi connectivity index (χ4v) is 2.74. The highest BCUT2D eigenvalue weighted by Crippen LogP contribution is 2.29. The van der Waals surface area contributed by atoms with Gasteiger partial charge in [-0.15, -0.1) is 0 Å². The summed E-state index contributed by atoms with van der Waals surface area (Å²) < 4.78 is 41.6. The summed E-state index contributed by atoms with van der Waals surface area (Å²) >= 11 is 0. The molecule has 0 radical (unpaired) electrons. The summed E-state index contributed by atoms with van der Waals surface area (Å²) in [5, 5.41) is 10.6. The van der Waals surface area contributed by atoms with Crippen molar-refractivity contribution >= 4 is 16.5 Å². The van der Waals surface area contributed by atoms with Gasteiger partial charge in [0.05, 0.1) is 13.2 Å². The maximum absolute atomic E-state index is 11.3. The Kier molecular flexibility index (Phi) is 8.50. The number of hydrogen-bond acceptors (Lipinski definition) is 7. The summed E-state index contributed by atoms with van der Waals surface area (Å²) in [4.78, 5) is 0. The number of benzene rings is 1. The van der Waals surface area contributed by atoms with Gasteiger partial charge in [-0.25, -0.2) is 0 Å². The minimum atomic E-state index is -2.67. The van der Waals surface area contributed by atoms with Crippen molar-refractivity contribution in [3.8, 4) is 0 Å². The van der Waals surface area contributed by atoms with Crippen molar-refractivity contribution in [1.29, 1.82) is 0 Å². The topological polar surface area (TPSA) is 91.3 Å². The van der Waals surface area contributed by atoms with Gasteiger partial charge in [-0.1, -0.05) is 29.8 Å². The van der Waals surface area contributed by atoms with E-state index in [2.05, 4.69) is 9.05 Å². The maximum atomic E-state index is 11.3. The Bertz CT molecular complexity index is 484. The Morgan fingerprint density at radius 1 is 1.00 bits per heavy atom. The lowest BCUT2D eigenvalue weighted by molar-refractivity contribution is -0.0413. The molecule has 1 aromatic rings. The van der Waals surface area contributed by atoms with Gasteiger partial charge in [-0.05, 0) is 12.5 Å². The van der Waals surface area contributed by atoms with E-state index in [4.69, 9.17) is 9.05 Å². The van der Waals surface area contributed by atoms with E-state index in [0.717, 1.165) is 11.1 Å². The molecule has 0 bridgehead atoms. The quantitative estimate of drug-likeness (QED) is 0.646. The minimum absolute atomic E-state index is 0.186. The Labute approximate surface area is 131 Å². The van der Waals surface area contributed by atoms with E-state index in [1.54, 1.807) is 0 Å². The molecule has 126 valence electrons. The zero-order chi connectivity index (χ0) is 16.6. The summed E-state index contributed by atoms with van der Waals surface area (Å²) in [6.07, 6.45) is 0.186. The molecule has 0 aliphatic heterocycles. The largest absolute Gasteiger partial charge is 0.385 e. The first-order chi connectivity index (χ1) is 10.4. The Morgan fingerprint density at radius 2 is 1.45 bits per heavy atom. The second-order valence-corrected chi connectivity index (χ2v) is 7.27. The molecule has 1 rings (SSSR count). The molecule has 0 saturated heterocycles. The monoisotopic (exact) mass is 352 g/mol. The van der Waals surface area contributed by atoms with Gasteiger partial charge in [0.25, 0.3) is 0 Å². The van der Waals surface area contributed by atoms with Crippen LogP contribution in [-0.4, -0.2) is 38.1 Å². The van der Waals surface area contributed by atoms with Gasteiger partial charge in [-0.2, -0.15) is 0 Å². The van der Waals surface area contributed by atoms with Gasteiger partial charge in [0.15, 0.2) is 0 Å². The molecule has 2 unspecified atom stereocenters. The summed E-state index contributed by atoms with van der Waals surface area (Å²) in [6.45, 7) is 1.41. The number of rotatable bonds is 10. The van der Waals surface area contributed by atoms with Crippen LogP contribution in [0, 0.1) is 6.92 Å². The lowest BCUT2D eigenvalue weighted by Crippen LogP contribution is -2.40. The number of aryl methyl sites for hydroxylation is 1. The summed E-state index contributed by atoms with van der Waals surface area (Å²) in [5.41, 5.74) is 0.440. The highest BCUT2D eigenvalue weighted by atomic mass is 31.1. The van der Waals surface area contributed by atoms with Gasteiger partial charge in [-0.3, -0.25) is 9.13 Å². The van der Waals surface area contributed by atoms with Crippen LogP contribution in [-0.2, 0) is 33.6 Å². The first kappa shape index (κ1) is 19.5. The van der Waals surface area contributed by atoms with E-state index < -0.39 is 22.1 Å². The van der Waals surface area contributed by atoms with Crippen molar-refractivity contribution < 1.29 is 32.3 Å². The highest BCUT2D eigenvalue weighted by molar-refractivity contribution is 7.33. The number of aliphatic hydroxyl groups is 1. The Morgan fingerprint density at radius 3 is 1.86 bits per heavy atom. The van der Waals surface area contributed by atoms with E-state index in [0.29, 0.717) is 0 Å². The fraction of sp³-hybridized carbons (Fsp3) is 0.538. The van der Waals surface area contributed by atoms with Crippen molar-refractivity contribution in [3.05, 3.63) is 35.4 Å². The lowest BCUT2D eigenvalue weighted by atomic mass is 9.96. The summed E-state index contributed by atoms with van der Waals surface area (Å²) in [7, 11) is -2.84. The van der Waals surface area contributed by atoms with E-state index in [1.165, 1.54) is 14.2 Å². The first-order valence-electron chi connectivity index (χ1n) is 6.58. The molecule has 1 aromatic carbocycles. The Hall–Kier alpha value is -0.520. The molecular weight excluding hydrogens is 330 g/mol. The fourth-order valence-electron chi connectivity index (χ4n) is 1.73. The van der Waals surface area contributed by atoms with Crippen LogP contribution in [0.1, 0.15) is 11.1 Å². The molecule has 9 heteroatoms. The van der Waals surface area contributed by atoms with E-state index in [-0.39, 0.29) is 19.6 Å². The molecule has 0 heterocycles. The average Bonchev–Trinajstić information content (AvgIpc) is 2.52. The third-order valence-corrected chi connectivity index (χ3v) is 4.33. The molecule has 0 aromatic heterocycles. The first-order valence-corrected chi connectivity index (χ1v) is 9.03. The molecule has 0 fully saturated rings. The lowest BCUT2D eigenvalue weighted by Gasteiger charge is -2.27. The van der Waals surface area contributed by atoms with Gasteiger partial charge in [0.2, 0.25) is 0 Å².